The molecule has 22 heavy (non-hydrogen) atoms. The SMILES string of the molecule is O=C(O)C1=Cc2ccccc2OC1(OC(F)(F)F)C(F)(F)F. The van der Waals surface area contributed by atoms with Crippen LogP contribution in [0.4, 0.5) is 26.3 Å². The number of alkyl halides is 6. The summed E-state index contributed by atoms with van der Waals surface area (Å²) in [6.45, 7) is 0. The summed E-state index contributed by atoms with van der Waals surface area (Å²) in [6.07, 6.45) is -11.1. The smallest absolute Gasteiger partial charge is 0.478 e. The number of carboxylic acids is 1. The molecule has 0 amide bonds. The van der Waals surface area contributed by atoms with Crippen LogP contribution in [0, 0.1) is 0 Å². The minimum Gasteiger partial charge on any atom is -0.478 e. The van der Waals surface area contributed by atoms with Crippen molar-refractivity contribution in [1.82, 2.24) is 0 Å². The topological polar surface area (TPSA) is 55.8 Å². The second-order valence-corrected chi connectivity index (χ2v) is 4.17. The Morgan fingerprint density at radius 1 is 1.14 bits per heavy atom. The summed E-state index contributed by atoms with van der Waals surface area (Å²) in [5.74, 6) is -7.32. The summed E-state index contributed by atoms with van der Waals surface area (Å²) in [5, 5.41) is 8.86. The van der Waals surface area contributed by atoms with Gasteiger partial charge in [-0.2, -0.15) is 13.2 Å². The Balaban J connectivity index is 2.69. The van der Waals surface area contributed by atoms with E-state index in [1.165, 1.54) is 18.2 Å². The van der Waals surface area contributed by atoms with Gasteiger partial charge in [0.2, 0.25) is 0 Å². The second kappa shape index (κ2) is 4.90. The van der Waals surface area contributed by atoms with Gasteiger partial charge in [-0.1, -0.05) is 18.2 Å². The predicted octanol–water partition coefficient (Wildman–Crippen LogP) is 3.34. The molecule has 1 aliphatic heterocycles. The molecule has 0 spiro atoms. The minimum absolute atomic E-state index is 0.120. The van der Waals surface area contributed by atoms with Crippen LogP contribution in [0.1, 0.15) is 5.56 Å². The third-order valence-corrected chi connectivity index (χ3v) is 2.69. The maximum absolute atomic E-state index is 13.2. The molecule has 1 aromatic carbocycles. The highest BCUT2D eigenvalue weighted by molar-refractivity contribution is 5.95. The number of hydrogen-bond acceptors (Lipinski definition) is 3. The molecule has 1 heterocycles. The molecule has 0 fully saturated rings. The van der Waals surface area contributed by atoms with Gasteiger partial charge in [-0.25, -0.2) is 9.53 Å². The summed E-state index contributed by atoms with van der Waals surface area (Å²) in [4.78, 5) is 11.0. The lowest BCUT2D eigenvalue weighted by atomic mass is 9.98. The third kappa shape index (κ3) is 2.73. The maximum atomic E-state index is 13.2. The first-order valence-corrected chi connectivity index (χ1v) is 5.53. The van der Waals surface area contributed by atoms with Crippen LogP contribution in [0.25, 0.3) is 6.08 Å². The lowest BCUT2D eigenvalue weighted by molar-refractivity contribution is -0.446. The van der Waals surface area contributed by atoms with Crippen LogP contribution >= 0.6 is 0 Å². The van der Waals surface area contributed by atoms with Gasteiger partial charge in [0.15, 0.2) is 0 Å². The predicted molar refractivity (Wildman–Crippen MR) is 58.6 cm³/mol. The molecule has 2 rings (SSSR count). The van der Waals surface area contributed by atoms with E-state index in [2.05, 4.69) is 9.47 Å². The molecule has 1 N–H and O–H groups in total. The lowest BCUT2D eigenvalue weighted by Crippen LogP contribution is -2.59. The van der Waals surface area contributed by atoms with Gasteiger partial charge in [-0.05, 0) is 12.1 Å². The van der Waals surface area contributed by atoms with E-state index in [4.69, 9.17) is 5.11 Å². The highest BCUT2D eigenvalue weighted by Crippen LogP contribution is 2.48. The molecule has 1 aliphatic rings. The average molecular weight is 328 g/mol. The van der Waals surface area contributed by atoms with Gasteiger partial charge < -0.3 is 9.84 Å². The van der Waals surface area contributed by atoms with Gasteiger partial charge in [0.25, 0.3) is 0 Å². The van der Waals surface area contributed by atoms with Crippen molar-refractivity contribution in [3.05, 3.63) is 35.4 Å². The summed E-state index contributed by atoms with van der Waals surface area (Å²) in [6, 6.07) is 4.72. The Morgan fingerprint density at radius 2 is 1.73 bits per heavy atom. The Hall–Kier alpha value is -2.23. The first kappa shape index (κ1) is 16.1. The summed E-state index contributed by atoms with van der Waals surface area (Å²) in [5.41, 5.74) is -1.85. The molecule has 0 radical (unpaired) electrons. The molecule has 10 heteroatoms. The van der Waals surface area contributed by atoms with Crippen LogP contribution in [0.3, 0.4) is 0 Å². The number of rotatable bonds is 2. The van der Waals surface area contributed by atoms with Crippen molar-refractivity contribution in [2.24, 2.45) is 0 Å². The number of hydrogen-bond donors (Lipinski definition) is 1. The first-order valence-electron chi connectivity index (χ1n) is 5.53. The zero-order valence-electron chi connectivity index (χ0n) is 10.3. The van der Waals surface area contributed by atoms with Crippen molar-refractivity contribution >= 4 is 12.0 Å². The number of carboxylic acid groups (broad SMARTS) is 1. The second-order valence-electron chi connectivity index (χ2n) is 4.17. The van der Waals surface area contributed by atoms with Crippen LogP contribution in [-0.4, -0.2) is 29.4 Å². The molecule has 0 bridgehead atoms. The van der Waals surface area contributed by atoms with Crippen molar-refractivity contribution in [3.8, 4) is 5.75 Å². The van der Waals surface area contributed by atoms with Crippen LogP contribution < -0.4 is 4.74 Å². The lowest BCUT2D eigenvalue weighted by Gasteiger charge is -2.38. The third-order valence-electron chi connectivity index (χ3n) is 2.69. The van der Waals surface area contributed by atoms with Crippen molar-refractivity contribution < 1.29 is 45.7 Å². The monoisotopic (exact) mass is 328 g/mol. The number of aliphatic carboxylic acids is 1. The number of benzene rings is 1. The van der Waals surface area contributed by atoms with E-state index in [-0.39, 0.29) is 5.56 Å². The summed E-state index contributed by atoms with van der Waals surface area (Å²) < 4.78 is 84.1. The molecule has 1 atom stereocenters. The standard InChI is InChI=1S/C12H6F6O4/c13-11(14,15)10(22-12(16,17)18)7(9(19)20)5-6-3-1-2-4-8(6)21-10/h1-5H,(H,19,20). The van der Waals surface area contributed by atoms with Crippen LogP contribution in [0.5, 0.6) is 5.75 Å². The quantitative estimate of drug-likeness (QED) is 0.846. The van der Waals surface area contributed by atoms with Crippen LogP contribution in [0.2, 0.25) is 0 Å². The Kier molecular flexibility index (Phi) is 3.60. The Labute approximate surface area is 118 Å². The van der Waals surface area contributed by atoms with Crippen molar-refractivity contribution in [2.45, 2.75) is 18.3 Å². The van der Waals surface area contributed by atoms with Crippen molar-refractivity contribution in [2.75, 3.05) is 0 Å². The Morgan fingerprint density at radius 3 is 2.23 bits per heavy atom. The molecule has 0 saturated heterocycles. The summed E-state index contributed by atoms with van der Waals surface area (Å²) >= 11 is 0. The van der Waals surface area contributed by atoms with E-state index >= 15 is 0 Å². The maximum Gasteiger partial charge on any atom is 0.526 e. The van der Waals surface area contributed by atoms with Crippen LogP contribution in [-0.2, 0) is 9.53 Å². The van der Waals surface area contributed by atoms with E-state index in [1.807, 2.05) is 0 Å². The first-order chi connectivity index (χ1) is 9.96. The van der Waals surface area contributed by atoms with Gasteiger partial charge in [-0.15, -0.1) is 13.2 Å². The summed E-state index contributed by atoms with van der Waals surface area (Å²) in [7, 11) is 0. The van der Waals surface area contributed by atoms with Gasteiger partial charge in [0, 0.05) is 5.56 Å². The number of halogens is 6. The highest BCUT2D eigenvalue weighted by atomic mass is 19.4. The number of para-hydroxylation sites is 1. The van der Waals surface area contributed by atoms with E-state index < -0.39 is 35.6 Å². The largest absolute Gasteiger partial charge is 0.526 e. The number of carbonyl (C=O) groups is 1. The fourth-order valence-corrected chi connectivity index (χ4v) is 1.86. The van der Waals surface area contributed by atoms with E-state index in [0.717, 1.165) is 6.07 Å². The van der Waals surface area contributed by atoms with Gasteiger partial charge in [0.1, 0.15) is 11.3 Å². The molecule has 0 saturated carbocycles. The Bertz CT molecular complexity index is 633. The van der Waals surface area contributed by atoms with E-state index in [0.29, 0.717) is 6.08 Å². The van der Waals surface area contributed by atoms with Crippen LogP contribution in [0.15, 0.2) is 29.8 Å². The molecule has 4 nitrogen and oxygen atoms in total. The van der Waals surface area contributed by atoms with Crippen molar-refractivity contribution in [3.63, 3.8) is 0 Å². The zero-order chi connectivity index (χ0) is 16.8. The van der Waals surface area contributed by atoms with Gasteiger partial charge in [-0.3, -0.25) is 0 Å². The molecular weight excluding hydrogens is 322 g/mol. The fourth-order valence-electron chi connectivity index (χ4n) is 1.86. The van der Waals surface area contributed by atoms with Crippen molar-refractivity contribution in [1.29, 1.82) is 0 Å². The molecule has 1 aromatic rings. The zero-order valence-corrected chi connectivity index (χ0v) is 10.3. The molecule has 120 valence electrons. The molecule has 0 aromatic heterocycles. The fraction of sp³-hybridized carbons (Fsp3) is 0.250. The van der Waals surface area contributed by atoms with Gasteiger partial charge >= 0.3 is 24.3 Å². The number of ether oxygens (including phenoxy) is 2. The molecular formula is C12H6F6O4. The van der Waals surface area contributed by atoms with Gasteiger partial charge in [0.05, 0.1) is 0 Å². The molecule has 1 unspecified atom stereocenters. The normalized spacial score (nSPS) is 21.6. The highest BCUT2D eigenvalue weighted by Gasteiger charge is 2.69. The number of fused-ring (bicyclic) bond motifs is 1. The average Bonchev–Trinajstić information content (AvgIpc) is 2.34. The van der Waals surface area contributed by atoms with E-state index in [1.54, 1.807) is 0 Å². The van der Waals surface area contributed by atoms with E-state index in [9.17, 15) is 31.1 Å². The minimum atomic E-state index is -5.79. The molecule has 0 aliphatic carbocycles.